The molecular formula is C12H17NO4S. The Morgan fingerprint density at radius 2 is 2.22 bits per heavy atom. The van der Waals surface area contributed by atoms with Crippen LogP contribution in [0.2, 0.25) is 0 Å². The summed E-state index contributed by atoms with van der Waals surface area (Å²) in [6.07, 6.45) is 1.55. The smallest absolute Gasteiger partial charge is 0.307 e. The van der Waals surface area contributed by atoms with Crippen molar-refractivity contribution in [1.82, 2.24) is 5.32 Å². The van der Waals surface area contributed by atoms with Crippen molar-refractivity contribution >= 4 is 23.6 Å². The van der Waals surface area contributed by atoms with Crippen molar-refractivity contribution in [3.05, 3.63) is 24.2 Å². The number of carboxylic acids is 1. The fourth-order valence-corrected chi connectivity index (χ4v) is 2.12. The lowest BCUT2D eigenvalue weighted by Crippen LogP contribution is -2.31. The van der Waals surface area contributed by atoms with Crippen LogP contribution in [0, 0.1) is 5.92 Å². The first kappa shape index (κ1) is 14.6. The Bertz CT molecular complexity index is 391. The molecule has 6 heteroatoms. The zero-order chi connectivity index (χ0) is 13.5. The molecule has 2 unspecified atom stereocenters. The summed E-state index contributed by atoms with van der Waals surface area (Å²) in [6, 6.07) is 3.54. The molecule has 0 saturated heterocycles. The van der Waals surface area contributed by atoms with Gasteiger partial charge >= 0.3 is 5.97 Å². The highest BCUT2D eigenvalue weighted by molar-refractivity contribution is 8.00. The highest BCUT2D eigenvalue weighted by Crippen LogP contribution is 2.15. The average molecular weight is 271 g/mol. The topological polar surface area (TPSA) is 79.5 Å². The number of carbonyl (C=O) groups is 2. The summed E-state index contributed by atoms with van der Waals surface area (Å²) >= 11 is 1.33. The van der Waals surface area contributed by atoms with Crippen LogP contribution in [0.15, 0.2) is 22.8 Å². The molecule has 0 spiro atoms. The molecule has 100 valence electrons. The first-order valence-electron chi connectivity index (χ1n) is 5.65. The Balaban J connectivity index is 2.26. The lowest BCUT2D eigenvalue weighted by Gasteiger charge is -2.12. The SMILES string of the molecule is CC(CSC(C)C(=O)NCc1ccco1)C(=O)O. The fourth-order valence-electron chi connectivity index (χ4n) is 1.17. The van der Waals surface area contributed by atoms with Gasteiger partial charge in [0.15, 0.2) is 0 Å². The summed E-state index contributed by atoms with van der Waals surface area (Å²) < 4.78 is 5.09. The minimum atomic E-state index is -0.842. The highest BCUT2D eigenvalue weighted by atomic mass is 32.2. The molecule has 0 fully saturated rings. The monoisotopic (exact) mass is 271 g/mol. The predicted octanol–water partition coefficient (Wildman–Crippen LogP) is 1.74. The zero-order valence-corrected chi connectivity index (χ0v) is 11.2. The molecule has 1 amide bonds. The summed E-state index contributed by atoms with van der Waals surface area (Å²) in [5, 5.41) is 11.2. The van der Waals surface area contributed by atoms with E-state index in [0.717, 1.165) is 0 Å². The molecule has 1 rings (SSSR count). The van der Waals surface area contributed by atoms with Crippen LogP contribution >= 0.6 is 11.8 Å². The van der Waals surface area contributed by atoms with E-state index in [4.69, 9.17) is 9.52 Å². The van der Waals surface area contributed by atoms with E-state index < -0.39 is 11.9 Å². The molecule has 2 atom stereocenters. The van der Waals surface area contributed by atoms with Crippen molar-refractivity contribution in [3.8, 4) is 0 Å². The zero-order valence-electron chi connectivity index (χ0n) is 10.4. The maximum Gasteiger partial charge on any atom is 0.307 e. The molecule has 2 N–H and O–H groups in total. The Labute approximate surface area is 110 Å². The lowest BCUT2D eigenvalue weighted by atomic mass is 10.2. The number of furan rings is 1. The van der Waals surface area contributed by atoms with Crippen LogP contribution in [0.3, 0.4) is 0 Å². The fraction of sp³-hybridized carbons (Fsp3) is 0.500. The van der Waals surface area contributed by atoms with E-state index in [9.17, 15) is 9.59 Å². The lowest BCUT2D eigenvalue weighted by molar-refractivity contribution is -0.140. The van der Waals surface area contributed by atoms with Gasteiger partial charge in [-0.3, -0.25) is 9.59 Å². The maximum atomic E-state index is 11.7. The van der Waals surface area contributed by atoms with Crippen molar-refractivity contribution in [3.63, 3.8) is 0 Å². The second-order valence-corrected chi connectivity index (χ2v) is 5.39. The standard InChI is InChI=1S/C12H17NO4S/c1-8(12(15)16)7-18-9(2)11(14)13-6-10-4-3-5-17-10/h3-5,8-9H,6-7H2,1-2H3,(H,13,14)(H,15,16). The van der Waals surface area contributed by atoms with Crippen LogP contribution in [-0.2, 0) is 16.1 Å². The van der Waals surface area contributed by atoms with Gasteiger partial charge in [0.25, 0.3) is 0 Å². The number of aliphatic carboxylic acids is 1. The maximum absolute atomic E-state index is 11.7. The van der Waals surface area contributed by atoms with Gasteiger partial charge in [0.1, 0.15) is 5.76 Å². The Morgan fingerprint density at radius 3 is 2.78 bits per heavy atom. The van der Waals surface area contributed by atoms with Crippen LogP contribution in [0.25, 0.3) is 0 Å². The Hall–Kier alpha value is -1.43. The molecule has 1 aromatic rings. The molecule has 0 radical (unpaired) electrons. The molecule has 0 bridgehead atoms. The summed E-state index contributed by atoms with van der Waals surface area (Å²) in [4.78, 5) is 22.3. The van der Waals surface area contributed by atoms with Crippen LogP contribution < -0.4 is 5.32 Å². The third-order valence-corrected chi connectivity index (χ3v) is 3.81. The predicted molar refractivity (Wildman–Crippen MR) is 69.3 cm³/mol. The van der Waals surface area contributed by atoms with Crippen molar-refractivity contribution < 1.29 is 19.1 Å². The van der Waals surface area contributed by atoms with Crippen LogP contribution in [0.1, 0.15) is 19.6 Å². The normalized spacial score (nSPS) is 13.9. The molecular weight excluding hydrogens is 254 g/mol. The number of carboxylic acid groups (broad SMARTS) is 1. The molecule has 18 heavy (non-hydrogen) atoms. The van der Waals surface area contributed by atoms with Crippen LogP contribution in [-0.4, -0.2) is 28.0 Å². The van der Waals surface area contributed by atoms with Crippen molar-refractivity contribution in [2.75, 3.05) is 5.75 Å². The van der Waals surface area contributed by atoms with Gasteiger partial charge in [0.2, 0.25) is 5.91 Å². The van der Waals surface area contributed by atoms with Crippen molar-refractivity contribution in [2.24, 2.45) is 5.92 Å². The summed E-state index contributed by atoms with van der Waals surface area (Å²) in [5.74, 6) is -0.292. The third kappa shape index (κ3) is 4.83. The van der Waals surface area contributed by atoms with Crippen molar-refractivity contribution in [1.29, 1.82) is 0 Å². The van der Waals surface area contributed by atoms with Crippen molar-refractivity contribution in [2.45, 2.75) is 25.6 Å². The van der Waals surface area contributed by atoms with E-state index in [2.05, 4.69) is 5.32 Å². The second-order valence-electron chi connectivity index (χ2n) is 4.01. The molecule has 1 aromatic heterocycles. The largest absolute Gasteiger partial charge is 0.481 e. The molecule has 0 aliphatic rings. The van der Waals surface area contributed by atoms with Gasteiger partial charge in [-0.2, -0.15) is 0 Å². The number of amides is 1. The van der Waals surface area contributed by atoms with E-state index in [-0.39, 0.29) is 11.2 Å². The van der Waals surface area contributed by atoms with Gasteiger partial charge in [-0.15, -0.1) is 11.8 Å². The van der Waals surface area contributed by atoms with Gasteiger partial charge in [-0.25, -0.2) is 0 Å². The van der Waals surface area contributed by atoms with Gasteiger partial charge in [-0.1, -0.05) is 6.92 Å². The molecule has 1 heterocycles. The van der Waals surface area contributed by atoms with Gasteiger partial charge < -0.3 is 14.8 Å². The minimum Gasteiger partial charge on any atom is -0.481 e. The van der Waals surface area contributed by atoms with E-state index in [1.165, 1.54) is 11.8 Å². The van der Waals surface area contributed by atoms with E-state index >= 15 is 0 Å². The van der Waals surface area contributed by atoms with Crippen LogP contribution in [0.4, 0.5) is 0 Å². The number of thioether (sulfide) groups is 1. The molecule has 0 aliphatic heterocycles. The number of hydrogen-bond donors (Lipinski definition) is 2. The number of rotatable bonds is 7. The second kappa shape index (κ2) is 7.10. The number of carbonyl (C=O) groups excluding carboxylic acids is 1. The van der Waals surface area contributed by atoms with E-state index in [1.54, 1.807) is 32.2 Å². The van der Waals surface area contributed by atoms with Gasteiger partial charge in [-0.05, 0) is 19.1 Å². The number of nitrogens with one attached hydrogen (secondary N) is 1. The summed E-state index contributed by atoms with van der Waals surface area (Å²) in [5.41, 5.74) is 0. The summed E-state index contributed by atoms with van der Waals surface area (Å²) in [7, 11) is 0. The first-order chi connectivity index (χ1) is 8.50. The van der Waals surface area contributed by atoms with E-state index in [0.29, 0.717) is 18.1 Å². The first-order valence-corrected chi connectivity index (χ1v) is 6.70. The van der Waals surface area contributed by atoms with E-state index in [1.807, 2.05) is 0 Å². The molecule has 5 nitrogen and oxygen atoms in total. The van der Waals surface area contributed by atoms with Crippen LogP contribution in [0.5, 0.6) is 0 Å². The highest BCUT2D eigenvalue weighted by Gasteiger charge is 2.17. The van der Waals surface area contributed by atoms with Gasteiger partial charge in [0, 0.05) is 5.75 Å². The minimum absolute atomic E-state index is 0.117. The molecule has 0 aliphatic carbocycles. The third-order valence-electron chi connectivity index (χ3n) is 2.40. The Kier molecular flexibility index (Phi) is 5.77. The number of hydrogen-bond acceptors (Lipinski definition) is 4. The summed E-state index contributed by atoms with van der Waals surface area (Å²) in [6.45, 7) is 3.74. The van der Waals surface area contributed by atoms with Gasteiger partial charge in [0.05, 0.1) is 24.0 Å². The Morgan fingerprint density at radius 1 is 1.50 bits per heavy atom. The quantitative estimate of drug-likeness (QED) is 0.789. The molecule has 0 aromatic carbocycles. The average Bonchev–Trinajstić information content (AvgIpc) is 2.85. The molecule has 0 saturated carbocycles.